The fourth-order valence-corrected chi connectivity index (χ4v) is 6.43. The van der Waals surface area contributed by atoms with Crippen molar-refractivity contribution in [1.29, 1.82) is 0 Å². The Bertz CT molecular complexity index is 1380. The van der Waals surface area contributed by atoms with Crippen LogP contribution in [0.15, 0.2) is 53.9 Å². The average Bonchev–Trinajstić information content (AvgIpc) is 3.20. The van der Waals surface area contributed by atoms with E-state index in [2.05, 4.69) is 39.2 Å². The van der Waals surface area contributed by atoms with Gasteiger partial charge in [-0.15, -0.1) is 11.3 Å². The Kier molecular flexibility index (Phi) is 4.99. The molecular formula is C25H22N4O2S2. The predicted molar refractivity (Wildman–Crippen MR) is 131 cm³/mol. The maximum absolute atomic E-state index is 13.6. The highest BCUT2D eigenvalue weighted by Crippen LogP contribution is 2.50. The first-order valence-corrected chi connectivity index (χ1v) is 12.7. The summed E-state index contributed by atoms with van der Waals surface area (Å²) in [7, 11) is 0. The highest BCUT2D eigenvalue weighted by molar-refractivity contribution is 7.14. The Labute approximate surface area is 199 Å². The molecule has 2 fully saturated rings. The lowest BCUT2D eigenvalue weighted by atomic mass is 10.1. The second kappa shape index (κ2) is 8.04. The number of benzene rings is 2. The highest BCUT2D eigenvalue weighted by Gasteiger charge is 2.54. The summed E-state index contributed by atoms with van der Waals surface area (Å²) < 4.78 is 8.49. The smallest absolute Gasteiger partial charge is 0.255 e. The highest BCUT2D eigenvalue weighted by atomic mass is 32.1. The number of nitrogens with zero attached hydrogens (tertiary/aromatic N) is 3. The zero-order valence-corrected chi connectivity index (χ0v) is 19.7. The molecule has 0 radical (unpaired) electrons. The number of hydrogen-bond donors (Lipinski definition) is 1. The van der Waals surface area contributed by atoms with Crippen molar-refractivity contribution in [2.75, 3.05) is 13.1 Å². The van der Waals surface area contributed by atoms with Gasteiger partial charge in [-0.3, -0.25) is 9.59 Å². The molecule has 8 heteroatoms. The van der Waals surface area contributed by atoms with Crippen molar-refractivity contribution in [1.82, 2.24) is 19.0 Å². The average molecular weight is 475 g/mol. The standard InChI is InChI=1S/C25H22N4O2S2/c1-14-4-2-5-15(10-14)23-18(8-9-32-23)25(31)29-13-16-11-19(16)21(29)12-26-24(30)17-6-3-7-20-22(17)28-33-27-20/h2-10,16,19,21H,11-13H2,1H3,(H,26,30)/t16-,19-,21+/m0/s1. The van der Waals surface area contributed by atoms with Crippen molar-refractivity contribution in [3.63, 3.8) is 0 Å². The van der Waals surface area contributed by atoms with Crippen LogP contribution in [-0.4, -0.2) is 44.6 Å². The van der Waals surface area contributed by atoms with Gasteiger partial charge in [-0.25, -0.2) is 0 Å². The molecule has 6 rings (SSSR count). The van der Waals surface area contributed by atoms with E-state index in [1.165, 1.54) is 5.56 Å². The lowest BCUT2D eigenvalue weighted by Crippen LogP contribution is -2.45. The van der Waals surface area contributed by atoms with Gasteiger partial charge < -0.3 is 10.2 Å². The van der Waals surface area contributed by atoms with Crippen molar-refractivity contribution >= 4 is 45.9 Å². The number of piperidine rings is 1. The third kappa shape index (κ3) is 3.63. The van der Waals surface area contributed by atoms with Gasteiger partial charge in [-0.1, -0.05) is 35.9 Å². The minimum atomic E-state index is -0.166. The summed E-state index contributed by atoms with van der Waals surface area (Å²) in [6.45, 7) is 3.27. The summed E-state index contributed by atoms with van der Waals surface area (Å²) >= 11 is 2.71. The van der Waals surface area contributed by atoms with Gasteiger partial charge in [-0.05, 0) is 54.3 Å². The van der Waals surface area contributed by atoms with E-state index in [0.717, 1.165) is 46.2 Å². The molecule has 166 valence electrons. The first-order chi connectivity index (χ1) is 16.1. The number of nitrogens with one attached hydrogen (secondary N) is 1. The van der Waals surface area contributed by atoms with Crippen molar-refractivity contribution in [3.8, 4) is 10.4 Å². The van der Waals surface area contributed by atoms with E-state index >= 15 is 0 Å². The van der Waals surface area contributed by atoms with Crippen molar-refractivity contribution in [3.05, 3.63) is 70.6 Å². The lowest BCUT2D eigenvalue weighted by Gasteiger charge is -2.28. The SMILES string of the molecule is Cc1cccc(-c2sccc2C(=O)N2C[C@@H]3C[C@@H]3[C@H]2CNC(=O)c2cccc3nsnc23)c1. The van der Waals surface area contributed by atoms with Crippen LogP contribution in [0.3, 0.4) is 0 Å². The van der Waals surface area contributed by atoms with Crippen LogP contribution < -0.4 is 5.32 Å². The molecule has 0 bridgehead atoms. The first kappa shape index (κ1) is 20.5. The Balaban J connectivity index is 1.21. The van der Waals surface area contributed by atoms with E-state index in [4.69, 9.17) is 0 Å². The van der Waals surface area contributed by atoms with Crippen LogP contribution in [0.25, 0.3) is 21.5 Å². The first-order valence-electron chi connectivity index (χ1n) is 11.0. The lowest BCUT2D eigenvalue weighted by molar-refractivity contribution is 0.0696. The minimum Gasteiger partial charge on any atom is -0.350 e. The zero-order chi connectivity index (χ0) is 22.5. The van der Waals surface area contributed by atoms with Crippen LogP contribution in [0.1, 0.15) is 32.7 Å². The Morgan fingerprint density at radius 1 is 1.12 bits per heavy atom. The number of hydrogen-bond acceptors (Lipinski definition) is 6. The van der Waals surface area contributed by atoms with E-state index in [0.29, 0.717) is 29.5 Å². The molecule has 4 aromatic rings. The number of amides is 2. The van der Waals surface area contributed by atoms with Gasteiger partial charge in [0, 0.05) is 18.0 Å². The molecule has 3 heterocycles. The Morgan fingerprint density at radius 2 is 2.00 bits per heavy atom. The molecule has 33 heavy (non-hydrogen) atoms. The van der Waals surface area contributed by atoms with Crippen molar-refractivity contribution in [2.45, 2.75) is 19.4 Å². The van der Waals surface area contributed by atoms with E-state index < -0.39 is 0 Å². The molecule has 0 spiro atoms. The number of aryl methyl sites for hydroxylation is 1. The van der Waals surface area contributed by atoms with Gasteiger partial charge in [0.25, 0.3) is 11.8 Å². The number of fused-ring (bicyclic) bond motifs is 2. The molecule has 1 N–H and O–H groups in total. The summed E-state index contributed by atoms with van der Waals surface area (Å²) in [5, 5.41) is 5.06. The van der Waals surface area contributed by atoms with E-state index in [1.807, 2.05) is 34.5 Å². The maximum atomic E-state index is 13.6. The molecule has 1 aliphatic carbocycles. The van der Waals surface area contributed by atoms with Gasteiger partial charge in [0.2, 0.25) is 0 Å². The fraction of sp³-hybridized carbons (Fsp3) is 0.280. The molecule has 1 saturated heterocycles. The largest absolute Gasteiger partial charge is 0.350 e. The number of likely N-dealkylation sites (tertiary alicyclic amines) is 1. The Hall–Kier alpha value is -3.10. The van der Waals surface area contributed by atoms with Crippen LogP contribution in [0.5, 0.6) is 0 Å². The predicted octanol–water partition coefficient (Wildman–Crippen LogP) is 4.62. The summed E-state index contributed by atoms with van der Waals surface area (Å²) in [6.07, 6.45) is 1.13. The Morgan fingerprint density at radius 3 is 2.88 bits per heavy atom. The number of thiophene rings is 1. The number of carbonyl (C=O) groups is 2. The zero-order valence-electron chi connectivity index (χ0n) is 18.0. The molecule has 0 unspecified atom stereocenters. The summed E-state index contributed by atoms with van der Waals surface area (Å²) in [4.78, 5) is 29.5. The number of rotatable bonds is 5. The van der Waals surface area contributed by atoms with Crippen LogP contribution in [0.2, 0.25) is 0 Å². The molecule has 2 aromatic heterocycles. The molecule has 3 atom stereocenters. The normalized spacial score (nSPS) is 21.2. The second-order valence-electron chi connectivity index (χ2n) is 8.86. The van der Waals surface area contributed by atoms with Gasteiger partial charge in [0.15, 0.2) is 0 Å². The van der Waals surface area contributed by atoms with Crippen LogP contribution in [0, 0.1) is 18.8 Å². The maximum Gasteiger partial charge on any atom is 0.255 e. The summed E-state index contributed by atoms with van der Waals surface area (Å²) in [5.41, 5.74) is 4.89. The molecule has 1 saturated carbocycles. The second-order valence-corrected chi connectivity index (χ2v) is 10.3. The van der Waals surface area contributed by atoms with Gasteiger partial charge >= 0.3 is 0 Å². The van der Waals surface area contributed by atoms with E-state index in [-0.39, 0.29) is 17.9 Å². The molecule has 1 aliphatic heterocycles. The number of carbonyl (C=O) groups excluding carboxylic acids is 2. The fourth-order valence-electron chi connectivity index (χ4n) is 4.99. The van der Waals surface area contributed by atoms with Gasteiger partial charge in [-0.2, -0.15) is 8.75 Å². The third-order valence-corrected chi connectivity index (χ3v) is 8.25. The third-order valence-electron chi connectivity index (χ3n) is 6.74. The van der Waals surface area contributed by atoms with Crippen LogP contribution in [0.4, 0.5) is 0 Å². The quantitative estimate of drug-likeness (QED) is 0.458. The monoisotopic (exact) mass is 474 g/mol. The number of aromatic nitrogens is 2. The van der Waals surface area contributed by atoms with Crippen molar-refractivity contribution < 1.29 is 9.59 Å². The van der Waals surface area contributed by atoms with Gasteiger partial charge in [0.05, 0.1) is 28.9 Å². The minimum absolute atomic E-state index is 0.0180. The molecule has 2 aromatic carbocycles. The topological polar surface area (TPSA) is 75.2 Å². The van der Waals surface area contributed by atoms with Crippen LogP contribution >= 0.6 is 23.1 Å². The van der Waals surface area contributed by atoms with Crippen molar-refractivity contribution in [2.24, 2.45) is 11.8 Å². The summed E-state index contributed by atoms with van der Waals surface area (Å²) in [5.74, 6) is 0.904. The molecule has 6 nitrogen and oxygen atoms in total. The van der Waals surface area contributed by atoms with E-state index in [9.17, 15) is 9.59 Å². The summed E-state index contributed by atoms with van der Waals surface area (Å²) in [6, 6.07) is 15.7. The molecular weight excluding hydrogens is 452 g/mol. The van der Waals surface area contributed by atoms with Gasteiger partial charge in [0.1, 0.15) is 11.0 Å². The molecule has 2 aliphatic rings. The molecule has 2 amide bonds. The van der Waals surface area contributed by atoms with E-state index in [1.54, 1.807) is 17.4 Å². The van der Waals surface area contributed by atoms with Crippen LogP contribution in [-0.2, 0) is 0 Å².